The summed E-state index contributed by atoms with van der Waals surface area (Å²) in [5.41, 5.74) is 0.709. The van der Waals surface area contributed by atoms with E-state index in [2.05, 4.69) is 10.6 Å². The van der Waals surface area contributed by atoms with Crippen LogP contribution in [0.4, 0.5) is 4.79 Å². The summed E-state index contributed by atoms with van der Waals surface area (Å²) in [6, 6.07) is 5.30. The van der Waals surface area contributed by atoms with E-state index in [1.807, 2.05) is 0 Å². The maximum Gasteiger partial charge on any atom is 0.328 e. The molecule has 0 radical (unpaired) electrons. The zero-order valence-electron chi connectivity index (χ0n) is 11.0. The summed E-state index contributed by atoms with van der Waals surface area (Å²) in [4.78, 5) is 35.5. The Morgan fingerprint density at radius 3 is 2.81 bits per heavy atom. The third kappa shape index (κ3) is 3.63. The smallest absolute Gasteiger partial charge is 0.328 e. The molecule has 0 saturated carbocycles. The molecule has 1 atom stereocenters. The lowest BCUT2D eigenvalue weighted by Crippen LogP contribution is -2.61. The molecule has 3 amide bonds. The number of benzene rings is 1. The van der Waals surface area contributed by atoms with Gasteiger partial charge in [-0.25, -0.2) is 9.59 Å². The van der Waals surface area contributed by atoms with E-state index in [9.17, 15) is 14.4 Å². The number of aliphatic carboxylic acids is 1. The van der Waals surface area contributed by atoms with E-state index >= 15 is 0 Å². The highest BCUT2D eigenvalue weighted by molar-refractivity contribution is 6.31. The van der Waals surface area contributed by atoms with Gasteiger partial charge >= 0.3 is 12.0 Å². The van der Waals surface area contributed by atoms with E-state index in [1.54, 1.807) is 24.3 Å². The van der Waals surface area contributed by atoms with Crippen molar-refractivity contribution in [3.63, 3.8) is 0 Å². The summed E-state index contributed by atoms with van der Waals surface area (Å²) in [7, 11) is 0. The number of carboxylic acid groups (broad SMARTS) is 1. The lowest BCUT2D eigenvalue weighted by molar-refractivity contribution is -0.144. The van der Waals surface area contributed by atoms with Crippen LogP contribution in [0.3, 0.4) is 0 Å². The van der Waals surface area contributed by atoms with Crippen LogP contribution in [0.5, 0.6) is 0 Å². The molecular weight excluding hydrogens is 298 g/mol. The predicted molar refractivity (Wildman–Crippen MR) is 74.8 cm³/mol. The minimum Gasteiger partial charge on any atom is -0.480 e. The van der Waals surface area contributed by atoms with Gasteiger partial charge in [0.25, 0.3) is 0 Å². The molecule has 2 rings (SSSR count). The Bertz CT molecular complexity index is 578. The summed E-state index contributed by atoms with van der Waals surface area (Å²) in [5.74, 6) is -1.55. The molecule has 1 aliphatic heterocycles. The van der Waals surface area contributed by atoms with E-state index in [0.29, 0.717) is 10.6 Å². The Hall–Kier alpha value is -2.28. The SMILES string of the molecule is O=C1CN(C(=O)NCc2ccccc2Cl)C(C(=O)O)CN1. The van der Waals surface area contributed by atoms with Crippen molar-refractivity contribution >= 4 is 29.5 Å². The normalized spacial score (nSPS) is 18.0. The summed E-state index contributed by atoms with van der Waals surface area (Å²) in [6.45, 7) is -0.234. The maximum absolute atomic E-state index is 12.1. The molecule has 3 N–H and O–H groups in total. The Morgan fingerprint density at radius 2 is 2.14 bits per heavy atom. The molecule has 1 fully saturated rings. The Morgan fingerprint density at radius 1 is 1.43 bits per heavy atom. The monoisotopic (exact) mass is 311 g/mol. The van der Waals surface area contributed by atoms with Gasteiger partial charge in [0.1, 0.15) is 12.6 Å². The molecule has 8 heteroatoms. The van der Waals surface area contributed by atoms with E-state index in [-0.39, 0.29) is 25.5 Å². The summed E-state index contributed by atoms with van der Waals surface area (Å²) in [6.07, 6.45) is 0. The van der Waals surface area contributed by atoms with E-state index in [1.165, 1.54) is 0 Å². The van der Waals surface area contributed by atoms with Crippen LogP contribution in [0.25, 0.3) is 0 Å². The van der Waals surface area contributed by atoms with Crippen molar-refractivity contribution < 1.29 is 19.5 Å². The minimum atomic E-state index is -1.16. The van der Waals surface area contributed by atoms with Crippen LogP contribution in [0, 0.1) is 0 Å². The summed E-state index contributed by atoms with van der Waals surface area (Å²) < 4.78 is 0. The highest BCUT2D eigenvalue weighted by Crippen LogP contribution is 2.14. The number of hydrogen-bond acceptors (Lipinski definition) is 3. The number of urea groups is 1. The zero-order valence-corrected chi connectivity index (χ0v) is 11.8. The Balaban J connectivity index is 2.02. The fourth-order valence-electron chi connectivity index (χ4n) is 1.99. The number of carbonyl (C=O) groups excluding carboxylic acids is 2. The van der Waals surface area contributed by atoms with E-state index in [0.717, 1.165) is 4.90 Å². The molecule has 0 spiro atoms. The van der Waals surface area contributed by atoms with Gasteiger partial charge in [-0.15, -0.1) is 0 Å². The molecule has 1 heterocycles. The lowest BCUT2D eigenvalue weighted by Gasteiger charge is -2.32. The number of halogens is 1. The molecule has 0 aromatic heterocycles. The van der Waals surface area contributed by atoms with Crippen LogP contribution in [0.2, 0.25) is 5.02 Å². The third-order valence-corrected chi connectivity index (χ3v) is 3.49. The summed E-state index contributed by atoms with van der Waals surface area (Å²) in [5, 5.41) is 14.6. The average Bonchev–Trinajstić information content (AvgIpc) is 2.45. The van der Waals surface area contributed by atoms with Gasteiger partial charge in [0.2, 0.25) is 5.91 Å². The van der Waals surface area contributed by atoms with E-state index in [4.69, 9.17) is 16.7 Å². The maximum atomic E-state index is 12.1. The lowest BCUT2D eigenvalue weighted by atomic mass is 10.2. The first-order valence-corrected chi connectivity index (χ1v) is 6.64. The van der Waals surface area contributed by atoms with Gasteiger partial charge in [-0.05, 0) is 11.6 Å². The number of carbonyl (C=O) groups is 3. The van der Waals surface area contributed by atoms with Crippen LogP contribution >= 0.6 is 11.6 Å². The molecule has 1 aromatic carbocycles. The fourth-order valence-corrected chi connectivity index (χ4v) is 2.19. The Kier molecular flexibility index (Phi) is 4.64. The van der Waals surface area contributed by atoms with Crippen molar-refractivity contribution in [1.82, 2.24) is 15.5 Å². The molecular formula is C13H14ClN3O4. The second kappa shape index (κ2) is 6.45. The molecule has 1 saturated heterocycles. The minimum absolute atomic E-state index is 0.103. The molecule has 0 bridgehead atoms. The number of rotatable bonds is 3. The van der Waals surface area contributed by atoms with E-state index < -0.39 is 18.0 Å². The average molecular weight is 312 g/mol. The topological polar surface area (TPSA) is 98.7 Å². The highest BCUT2D eigenvalue weighted by atomic mass is 35.5. The molecule has 1 aromatic rings. The largest absolute Gasteiger partial charge is 0.480 e. The van der Waals surface area contributed by atoms with Crippen LogP contribution < -0.4 is 10.6 Å². The molecule has 21 heavy (non-hydrogen) atoms. The Labute approximate surface area is 125 Å². The van der Waals surface area contributed by atoms with Gasteiger partial charge in [0.05, 0.1) is 0 Å². The van der Waals surface area contributed by atoms with Crippen LogP contribution in [-0.4, -0.2) is 47.0 Å². The first kappa shape index (κ1) is 15.1. The standard InChI is InChI=1S/C13H14ClN3O4/c14-9-4-2-1-3-8(9)5-16-13(21)17-7-11(18)15-6-10(17)12(19)20/h1-4,10H,5-7H2,(H,15,18)(H,16,21)(H,19,20). The van der Waals surface area contributed by atoms with Crippen molar-refractivity contribution in [2.24, 2.45) is 0 Å². The first-order valence-electron chi connectivity index (χ1n) is 6.26. The second-order valence-corrected chi connectivity index (χ2v) is 4.94. The van der Waals surface area contributed by atoms with Gasteiger partial charge in [-0.1, -0.05) is 29.8 Å². The molecule has 1 unspecified atom stereocenters. The summed E-state index contributed by atoms with van der Waals surface area (Å²) >= 11 is 5.97. The highest BCUT2D eigenvalue weighted by Gasteiger charge is 2.35. The fraction of sp³-hybridized carbons (Fsp3) is 0.308. The molecule has 112 valence electrons. The predicted octanol–water partition coefficient (Wildman–Crippen LogP) is 0.435. The number of piperazine rings is 1. The quantitative estimate of drug-likeness (QED) is 0.754. The van der Waals surface area contributed by atoms with Gasteiger partial charge in [0.15, 0.2) is 0 Å². The molecule has 7 nitrogen and oxygen atoms in total. The van der Waals surface area contributed by atoms with Gasteiger partial charge in [-0.2, -0.15) is 0 Å². The zero-order chi connectivity index (χ0) is 15.4. The van der Waals surface area contributed by atoms with Crippen LogP contribution in [-0.2, 0) is 16.1 Å². The van der Waals surface area contributed by atoms with Crippen LogP contribution in [0.15, 0.2) is 24.3 Å². The van der Waals surface area contributed by atoms with Crippen molar-refractivity contribution in [2.45, 2.75) is 12.6 Å². The number of hydrogen-bond donors (Lipinski definition) is 3. The van der Waals surface area contributed by atoms with Crippen LogP contribution in [0.1, 0.15) is 5.56 Å². The molecule has 0 aliphatic carbocycles. The number of amides is 3. The number of carboxylic acids is 1. The number of nitrogens with zero attached hydrogens (tertiary/aromatic N) is 1. The first-order chi connectivity index (χ1) is 9.99. The van der Waals surface area contributed by atoms with Crippen molar-refractivity contribution in [3.05, 3.63) is 34.9 Å². The third-order valence-electron chi connectivity index (χ3n) is 3.12. The van der Waals surface area contributed by atoms with Gasteiger partial charge < -0.3 is 15.7 Å². The molecule has 1 aliphatic rings. The second-order valence-electron chi connectivity index (χ2n) is 4.54. The van der Waals surface area contributed by atoms with Crippen molar-refractivity contribution in [2.75, 3.05) is 13.1 Å². The van der Waals surface area contributed by atoms with Crippen molar-refractivity contribution in [1.29, 1.82) is 0 Å². The van der Waals surface area contributed by atoms with Crippen molar-refractivity contribution in [3.8, 4) is 0 Å². The van der Waals surface area contributed by atoms with Gasteiger partial charge in [-0.3, -0.25) is 9.69 Å². The number of nitrogens with one attached hydrogen (secondary N) is 2. The van der Waals surface area contributed by atoms with Gasteiger partial charge in [0, 0.05) is 18.1 Å².